The predicted molar refractivity (Wildman–Crippen MR) is 56.8 cm³/mol. The number of hydrogen-bond acceptors (Lipinski definition) is 0. The normalized spacial score (nSPS) is 22.8. The summed E-state index contributed by atoms with van der Waals surface area (Å²) in [5, 5.41) is 0. The van der Waals surface area contributed by atoms with Crippen molar-refractivity contribution >= 4 is 17.0 Å². The van der Waals surface area contributed by atoms with Crippen LogP contribution in [0.2, 0.25) is 3.63 Å². The molecule has 0 saturated carbocycles. The minimum atomic E-state index is -2.12. The van der Waals surface area contributed by atoms with Crippen LogP contribution in [0.3, 0.4) is 0 Å². The molecule has 1 unspecified atom stereocenters. The fraction of sp³-hybridized carbons (Fsp3) is 0.600. The van der Waals surface area contributed by atoms with E-state index >= 15 is 0 Å². The molecule has 3 heteroatoms. The Balaban J connectivity index is 2.90. The first-order valence-electron chi connectivity index (χ1n) is 4.40. The standard InChI is InChI=1S/C10H15.2ClH.Zr/c1-8-5-6-9(7-8)10(2,3)4;;;/h5-7H,1-4H3;2*1H;/q;;;+2/p-2. The Kier molecular flexibility index (Phi) is 3.89. The Morgan fingerprint density at radius 3 is 2.08 bits per heavy atom. The van der Waals surface area contributed by atoms with E-state index in [9.17, 15) is 0 Å². The van der Waals surface area contributed by atoms with Crippen LogP contribution in [0.5, 0.6) is 0 Å². The molecule has 0 aliphatic heterocycles. The van der Waals surface area contributed by atoms with Gasteiger partial charge in [-0.25, -0.2) is 0 Å². The number of halogens is 2. The van der Waals surface area contributed by atoms with E-state index in [0.29, 0.717) is 3.63 Å². The fourth-order valence-corrected chi connectivity index (χ4v) is 5.98. The summed E-state index contributed by atoms with van der Waals surface area (Å²) in [5.74, 6) is 0. The summed E-state index contributed by atoms with van der Waals surface area (Å²) in [7, 11) is 12.1. The third kappa shape index (κ3) is 2.94. The van der Waals surface area contributed by atoms with E-state index in [-0.39, 0.29) is 5.41 Å². The average Bonchev–Trinajstić information content (AvgIpc) is 2.29. The zero-order valence-electron chi connectivity index (χ0n) is 8.49. The first-order chi connectivity index (χ1) is 5.82. The van der Waals surface area contributed by atoms with Crippen LogP contribution in [0.25, 0.3) is 0 Å². The molecule has 1 atom stereocenters. The third-order valence-electron chi connectivity index (χ3n) is 2.32. The van der Waals surface area contributed by atoms with E-state index < -0.39 is 19.4 Å². The molecular formula is C10H15Cl2Zr. The molecule has 0 aromatic heterocycles. The molecule has 13 heavy (non-hydrogen) atoms. The summed E-state index contributed by atoms with van der Waals surface area (Å²) in [6.45, 7) is 8.79. The van der Waals surface area contributed by atoms with Gasteiger partial charge in [0.15, 0.2) is 0 Å². The Bertz CT molecular complexity index is 259. The summed E-state index contributed by atoms with van der Waals surface area (Å²) in [5.41, 5.74) is 2.96. The van der Waals surface area contributed by atoms with Gasteiger partial charge in [0.1, 0.15) is 0 Å². The summed E-state index contributed by atoms with van der Waals surface area (Å²) in [4.78, 5) is 0. The molecule has 1 aliphatic carbocycles. The van der Waals surface area contributed by atoms with Crippen LogP contribution in [0.15, 0.2) is 23.3 Å². The van der Waals surface area contributed by atoms with E-state index in [2.05, 4.69) is 39.8 Å². The van der Waals surface area contributed by atoms with Gasteiger partial charge in [0.25, 0.3) is 0 Å². The minimum absolute atomic E-state index is 0.225. The van der Waals surface area contributed by atoms with Crippen molar-refractivity contribution in [1.29, 1.82) is 0 Å². The molecule has 0 aromatic carbocycles. The average molecular weight is 297 g/mol. The Labute approximate surface area is 95.8 Å². The summed E-state index contributed by atoms with van der Waals surface area (Å²) < 4.78 is 0.403. The summed E-state index contributed by atoms with van der Waals surface area (Å²) >= 11 is -2.12. The van der Waals surface area contributed by atoms with Gasteiger partial charge in [-0.1, -0.05) is 0 Å². The van der Waals surface area contributed by atoms with Crippen LogP contribution in [0.1, 0.15) is 27.7 Å². The van der Waals surface area contributed by atoms with E-state index in [4.69, 9.17) is 17.0 Å². The van der Waals surface area contributed by atoms with Crippen molar-refractivity contribution in [3.05, 3.63) is 23.3 Å². The van der Waals surface area contributed by atoms with Crippen molar-refractivity contribution in [3.8, 4) is 0 Å². The van der Waals surface area contributed by atoms with E-state index in [1.54, 1.807) is 0 Å². The van der Waals surface area contributed by atoms with Gasteiger partial charge in [-0.15, -0.1) is 0 Å². The molecule has 0 bridgehead atoms. The molecule has 0 spiro atoms. The molecule has 0 fully saturated rings. The molecule has 73 valence electrons. The van der Waals surface area contributed by atoms with Crippen molar-refractivity contribution in [2.24, 2.45) is 5.41 Å². The van der Waals surface area contributed by atoms with Gasteiger partial charge >= 0.3 is 96.4 Å². The molecule has 0 aromatic rings. The molecule has 0 amide bonds. The van der Waals surface area contributed by atoms with Crippen molar-refractivity contribution in [2.45, 2.75) is 31.3 Å². The van der Waals surface area contributed by atoms with Gasteiger partial charge in [0.05, 0.1) is 0 Å². The molecule has 0 saturated heterocycles. The Morgan fingerprint density at radius 1 is 1.31 bits per heavy atom. The second-order valence-electron chi connectivity index (χ2n) is 4.53. The first-order valence-corrected chi connectivity index (χ1v) is 12.2. The SMILES string of the molecule is CC1=CC(C(C)(C)C)=C[CH]1[Zr]([Cl])[Cl]. The maximum absolute atomic E-state index is 6.07. The zero-order chi connectivity index (χ0) is 10.2. The van der Waals surface area contributed by atoms with Gasteiger partial charge in [-0.2, -0.15) is 0 Å². The van der Waals surface area contributed by atoms with E-state index in [1.807, 2.05) is 0 Å². The van der Waals surface area contributed by atoms with Crippen LogP contribution < -0.4 is 0 Å². The van der Waals surface area contributed by atoms with Crippen molar-refractivity contribution in [1.82, 2.24) is 0 Å². The maximum atomic E-state index is 6.07. The summed E-state index contributed by atoms with van der Waals surface area (Å²) in [6.07, 6.45) is 4.51. The van der Waals surface area contributed by atoms with Crippen molar-refractivity contribution in [3.63, 3.8) is 0 Å². The van der Waals surface area contributed by atoms with Gasteiger partial charge in [0, 0.05) is 0 Å². The van der Waals surface area contributed by atoms with Crippen LogP contribution in [0, 0.1) is 5.41 Å². The topological polar surface area (TPSA) is 0 Å². The van der Waals surface area contributed by atoms with Gasteiger partial charge < -0.3 is 0 Å². The number of rotatable bonds is 1. The molecule has 0 N–H and O–H groups in total. The molecule has 0 nitrogen and oxygen atoms in total. The van der Waals surface area contributed by atoms with E-state index in [1.165, 1.54) is 11.1 Å². The molecule has 0 heterocycles. The zero-order valence-corrected chi connectivity index (χ0v) is 12.5. The van der Waals surface area contributed by atoms with Crippen molar-refractivity contribution < 1.29 is 19.4 Å². The fourth-order valence-electron chi connectivity index (χ4n) is 1.40. The molecule has 0 radical (unpaired) electrons. The van der Waals surface area contributed by atoms with E-state index in [0.717, 1.165) is 0 Å². The van der Waals surface area contributed by atoms with Crippen LogP contribution in [-0.2, 0) is 19.4 Å². The second kappa shape index (κ2) is 4.21. The Morgan fingerprint density at radius 2 is 1.85 bits per heavy atom. The molecule has 1 rings (SSSR count). The Hall–Kier alpha value is 0.943. The van der Waals surface area contributed by atoms with Gasteiger partial charge in [-0.3, -0.25) is 0 Å². The van der Waals surface area contributed by atoms with Crippen LogP contribution >= 0.6 is 17.0 Å². The second-order valence-corrected chi connectivity index (χ2v) is 13.4. The van der Waals surface area contributed by atoms with Crippen molar-refractivity contribution in [2.75, 3.05) is 0 Å². The van der Waals surface area contributed by atoms with Crippen LogP contribution in [-0.4, -0.2) is 0 Å². The molecule has 1 aliphatic rings. The summed E-state index contributed by atoms with van der Waals surface area (Å²) in [6, 6.07) is 0. The van der Waals surface area contributed by atoms with Gasteiger partial charge in [0.2, 0.25) is 0 Å². The number of allylic oxidation sites excluding steroid dienone is 4. The quantitative estimate of drug-likeness (QED) is 0.662. The molecular weight excluding hydrogens is 282 g/mol. The number of hydrogen-bond donors (Lipinski definition) is 0. The third-order valence-corrected chi connectivity index (χ3v) is 7.79. The van der Waals surface area contributed by atoms with Gasteiger partial charge in [-0.05, 0) is 0 Å². The first kappa shape index (κ1) is 12.0. The van der Waals surface area contributed by atoms with Crippen LogP contribution in [0.4, 0.5) is 0 Å². The monoisotopic (exact) mass is 295 g/mol. The predicted octanol–water partition coefficient (Wildman–Crippen LogP) is 4.63.